The molecular weight excluding hydrogens is 236 g/mol. The first-order valence-corrected chi connectivity index (χ1v) is 7.17. The number of hydrogen-bond acceptors (Lipinski definition) is 3. The van der Waals surface area contributed by atoms with Gasteiger partial charge in [-0.15, -0.1) is 0 Å². The van der Waals surface area contributed by atoms with E-state index >= 15 is 0 Å². The van der Waals surface area contributed by atoms with Gasteiger partial charge in [0.1, 0.15) is 0 Å². The van der Waals surface area contributed by atoms with Gasteiger partial charge in [0.25, 0.3) is 0 Å². The minimum absolute atomic E-state index is 0.384. The lowest BCUT2D eigenvalue weighted by Gasteiger charge is -2.31. The Morgan fingerprint density at radius 1 is 1.21 bits per heavy atom. The quantitative estimate of drug-likeness (QED) is 0.781. The SMILES string of the molecule is CCN(c1ccccc1CNC(C)C)C(C)COC. The zero-order valence-corrected chi connectivity index (χ0v) is 12.9. The number of nitrogens with one attached hydrogen (secondary N) is 1. The molecule has 0 bridgehead atoms. The Balaban J connectivity index is 2.89. The Kier molecular flexibility index (Phi) is 6.89. The summed E-state index contributed by atoms with van der Waals surface area (Å²) in [5.74, 6) is 0. The highest BCUT2D eigenvalue weighted by molar-refractivity contribution is 5.54. The molecule has 0 aliphatic carbocycles. The monoisotopic (exact) mass is 264 g/mol. The maximum absolute atomic E-state index is 5.29. The van der Waals surface area contributed by atoms with Gasteiger partial charge in [0, 0.05) is 38.0 Å². The summed E-state index contributed by atoms with van der Waals surface area (Å²) in [4.78, 5) is 2.40. The fourth-order valence-corrected chi connectivity index (χ4v) is 2.31. The van der Waals surface area contributed by atoms with E-state index in [1.165, 1.54) is 11.3 Å². The first-order valence-electron chi connectivity index (χ1n) is 7.17. The van der Waals surface area contributed by atoms with Crippen LogP contribution in [0.4, 0.5) is 5.69 Å². The highest BCUT2D eigenvalue weighted by Gasteiger charge is 2.15. The average Bonchev–Trinajstić information content (AvgIpc) is 2.38. The minimum atomic E-state index is 0.384. The molecule has 108 valence electrons. The van der Waals surface area contributed by atoms with E-state index < -0.39 is 0 Å². The lowest BCUT2D eigenvalue weighted by Crippen LogP contribution is -2.37. The van der Waals surface area contributed by atoms with Gasteiger partial charge in [-0.25, -0.2) is 0 Å². The summed E-state index contributed by atoms with van der Waals surface area (Å²) in [6.07, 6.45) is 0. The highest BCUT2D eigenvalue weighted by Crippen LogP contribution is 2.22. The maximum Gasteiger partial charge on any atom is 0.0663 e. The van der Waals surface area contributed by atoms with Gasteiger partial charge in [0.05, 0.1) is 6.61 Å². The Hall–Kier alpha value is -1.06. The third-order valence-corrected chi connectivity index (χ3v) is 3.28. The topological polar surface area (TPSA) is 24.5 Å². The molecular formula is C16H28N2O. The van der Waals surface area contributed by atoms with Gasteiger partial charge >= 0.3 is 0 Å². The molecule has 1 unspecified atom stereocenters. The minimum Gasteiger partial charge on any atom is -0.383 e. The molecule has 0 amide bonds. The van der Waals surface area contributed by atoms with Crippen LogP contribution < -0.4 is 10.2 Å². The molecule has 0 fully saturated rings. The number of hydrogen-bond donors (Lipinski definition) is 1. The van der Waals surface area contributed by atoms with Gasteiger partial charge in [-0.3, -0.25) is 0 Å². The van der Waals surface area contributed by atoms with Crippen LogP contribution in [0.25, 0.3) is 0 Å². The van der Waals surface area contributed by atoms with Crippen molar-refractivity contribution >= 4 is 5.69 Å². The van der Waals surface area contributed by atoms with Crippen molar-refractivity contribution in [3.63, 3.8) is 0 Å². The molecule has 0 aromatic heterocycles. The van der Waals surface area contributed by atoms with Crippen LogP contribution in [-0.2, 0) is 11.3 Å². The van der Waals surface area contributed by atoms with Crippen LogP contribution in [-0.4, -0.2) is 32.3 Å². The van der Waals surface area contributed by atoms with E-state index in [0.29, 0.717) is 12.1 Å². The molecule has 0 saturated heterocycles. The Labute approximate surface area is 118 Å². The Morgan fingerprint density at radius 3 is 2.47 bits per heavy atom. The number of nitrogens with zero attached hydrogens (tertiary/aromatic N) is 1. The summed E-state index contributed by atoms with van der Waals surface area (Å²) < 4.78 is 5.29. The summed E-state index contributed by atoms with van der Waals surface area (Å²) >= 11 is 0. The standard InChI is InChI=1S/C16H28N2O/c1-6-18(14(4)12-19-5)16-10-8-7-9-15(16)11-17-13(2)3/h7-10,13-14,17H,6,11-12H2,1-5H3. The molecule has 1 rings (SSSR count). The molecule has 0 spiro atoms. The second-order valence-corrected chi connectivity index (χ2v) is 5.25. The molecule has 3 nitrogen and oxygen atoms in total. The van der Waals surface area contributed by atoms with E-state index in [1.54, 1.807) is 7.11 Å². The molecule has 1 aromatic rings. The lowest BCUT2D eigenvalue weighted by atomic mass is 10.1. The summed E-state index contributed by atoms with van der Waals surface area (Å²) in [6, 6.07) is 9.50. The van der Waals surface area contributed by atoms with Gasteiger partial charge in [0.15, 0.2) is 0 Å². The number of anilines is 1. The highest BCUT2D eigenvalue weighted by atomic mass is 16.5. The number of rotatable bonds is 8. The van der Waals surface area contributed by atoms with Crippen molar-refractivity contribution in [2.75, 3.05) is 25.2 Å². The maximum atomic E-state index is 5.29. The van der Waals surface area contributed by atoms with Gasteiger partial charge in [-0.2, -0.15) is 0 Å². The van der Waals surface area contributed by atoms with E-state index in [1.807, 2.05) is 0 Å². The summed E-state index contributed by atoms with van der Waals surface area (Å²) in [6.45, 7) is 11.4. The van der Waals surface area contributed by atoms with Crippen LogP contribution in [0.2, 0.25) is 0 Å². The van der Waals surface area contributed by atoms with Crippen molar-refractivity contribution in [3.05, 3.63) is 29.8 Å². The van der Waals surface area contributed by atoms with Crippen LogP contribution in [0.5, 0.6) is 0 Å². The van der Waals surface area contributed by atoms with E-state index in [0.717, 1.165) is 19.7 Å². The van der Waals surface area contributed by atoms with E-state index in [2.05, 4.69) is 62.2 Å². The molecule has 1 atom stereocenters. The van der Waals surface area contributed by atoms with Gasteiger partial charge < -0.3 is 15.0 Å². The van der Waals surface area contributed by atoms with Crippen LogP contribution in [0, 0.1) is 0 Å². The molecule has 0 radical (unpaired) electrons. The smallest absolute Gasteiger partial charge is 0.0663 e. The number of methoxy groups -OCH3 is 1. The zero-order valence-electron chi connectivity index (χ0n) is 12.9. The molecule has 0 heterocycles. The largest absolute Gasteiger partial charge is 0.383 e. The third kappa shape index (κ3) is 4.84. The van der Waals surface area contributed by atoms with E-state index in [-0.39, 0.29) is 0 Å². The summed E-state index contributed by atoms with van der Waals surface area (Å²) in [5.41, 5.74) is 2.66. The number of likely N-dealkylation sites (N-methyl/N-ethyl adjacent to an activating group) is 1. The van der Waals surface area contributed by atoms with Crippen molar-refractivity contribution < 1.29 is 4.74 Å². The molecule has 0 aliphatic rings. The van der Waals surface area contributed by atoms with Crippen LogP contribution in [0.15, 0.2) is 24.3 Å². The van der Waals surface area contributed by atoms with Crippen molar-refractivity contribution in [3.8, 4) is 0 Å². The fourth-order valence-electron chi connectivity index (χ4n) is 2.31. The zero-order chi connectivity index (χ0) is 14.3. The second-order valence-electron chi connectivity index (χ2n) is 5.25. The first kappa shape index (κ1) is 16.0. The van der Waals surface area contributed by atoms with Gasteiger partial charge in [0.2, 0.25) is 0 Å². The molecule has 0 aliphatic heterocycles. The predicted molar refractivity (Wildman–Crippen MR) is 82.8 cm³/mol. The van der Waals surface area contributed by atoms with Gasteiger partial charge in [-0.05, 0) is 25.5 Å². The number of benzene rings is 1. The molecule has 1 N–H and O–H groups in total. The summed E-state index contributed by atoms with van der Waals surface area (Å²) in [7, 11) is 1.76. The average molecular weight is 264 g/mol. The van der Waals surface area contributed by atoms with Crippen LogP contribution in [0.3, 0.4) is 0 Å². The van der Waals surface area contributed by atoms with Crippen LogP contribution in [0.1, 0.15) is 33.3 Å². The second kappa shape index (κ2) is 8.18. The third-order valence-electron chi connectivity index (χ3n) is 3.28. The Morgan fingerprint density at radius 2 is 1.89 bits per heavy atom. The molecule has 1 aromatic carbocycles. The van der Waals surface area contributed by atoms with E-state index in [4.69, 9.17) is 4.74 Å². The fraction of sp³-hybridized carbons (Fsp3) is 0.625. The normalized spacial score (nSPS) is 12.7. The van der Waals surface area contributed by atoms with Gasteiger partial charge in [-0.1, -0.05) is 32.0 Å². The molecule has 3 heteroatoms. The van der Waals surface area contributed by atoms with Crippen molar-refractivity contribution in [1.29, 1.82) is 0 Å². The summed E-state index contributed by atoms with van der Waals surface area (Å²) in [5, 5.41) is 3.49. The molecule has 19 heavy (non-hydrogen) atoms. The number of ether oxygens (including phenoxy) is 1. The van der Waals surface area contributed by atoms with Crippen molar-refractivity contribution in [1.82, 2.24) is 5.32 Å². The Bertz CT molecular complexity index is 366. The predicted octanol–water partition coefficient (Wildman–Crippen LogP) is 3.05. The van der Waals surface area contributed by atoms with Crippen molar-refractivity contribution in [2.45, 2.75) is 46.3 Å². The molecule has 0 saturated carbocycles. The van der Waals surface area contributed by atoms with Crippen molar-refractivity contribution in [2.24, 2.45) is 0 Å². The number of para-hydroxylation sites is 1. The van der Waals surface area contributed by atoms with E-state index in [9.17, 15) is 0 Å². The van der Waals surface area contributed by atoms with Crippen LogP contribution >= 0.6 is 0 Å². The lowest BCUT2D eigenvalue weighted by molar-refractivity contribution is 0.182. The first-order chi connectivity index (χ1) is 9.10.